The van der Waals surface area contributed by atoms with Gasteiger partial charge in [0, 0.05) is 25.7 Å². The molecule has 150 valence electrons. The minimum atomic E-state index is -0.980. The maximum Gasteiger partial charge on any atom is 0.338 e. The number of aromatic nitrogens is 2. The van der Waals surface area contributed by atoms with Gasteiger partial charge in [-0.2, -0.15) is 5.10 Å². The second-order valence-electron chi connectivity index (χ2n) is 6.80. The Hall–Kier alpha value is -3.03. The zero-order valence-electron chi connectivity index (χ0n) is 16.1. The first kappa shape index (κ1) is 19.7. The molecule has 2 heterocycles. The van der Waals surface area contributed by atoms with E-state index in [9.17, 15) is 9.59 Å². The van der Waals surface area contributed by atoms with Crippen LogP contribution in [0.2, 0.25) is 0 Å². The molecule has 1 fully saturated rings. The largest absolute Gasteiger partial charge is 0.497 e. The Kier molecular flexibility index (Phi) is 6.18. The first-order valence-corrected chi connectivity index (χ1v) is 9.28. The van der Waals surface area contributed by atoms with Gasteiger partial charge in [-0.15, -0.1) is 0 Å². The van der Waals surface area contributed by atoms with Crippen LogP contribution in [0.1, 0.15) is 41.2 Å². The Morgan fingerprint density at radius 2 is 1.96 bits per heavy atom. The van der Waals surface area contributed by atoms with E-state index in [4.69, 9.17) is 14.6 Å². The van der Waals surface area contributed by atoms with Crippen LogP contribution >= 0.6 is 0 Å². The number of methoxy groups -OCH3 is 2. The molecule has 28 heavy (non-hydrogen) atoms. The SMILES string of the molecule is COc1ccc(OC)c(CCC(=O)N2CCC(n3cc(C(=O)O)cn3)CC2)c1. The number of amides is 1. The van der Waals surface area contributed by atoms with Crippen LogP contribution in [0.4, 0.5) is 0 Å². The monoisotopic (exact) mass is 387 g/mol. The Bertz CT molecular complexity index is 840. The molecule has 0 unspecified atom stereocenters. The van der Waals surface area contributed by atoms with Gasteiger partial charge in [-0.05, 0) is 43.0 Å². The van der Waals surface area contributed by atoms with E-state index < -0.39 is 5.97 Å². The maximum atomic E-state index is 12.6. The summed E-state index contributed by atoms with van der Waals surface area (Å²) in [5.74, 6) is 0.617. The normalized spacial score (nSPS) is 14.7. The number of hydrogen-bond donors (Lipinski definition) is 1. The highest BCUT2D eigenvalue weighted by Crippen LogP contribution is 2.26. The number of piperidine rings is 1. The fourth-order valence-corrected chi connectivity index (χ4v) is 3.50. The molecule has 1 amide bonds. The summed E-state index contributed by atoms with van der Waals surface area (Å²) in [4.78, 5) is 25.5. The van der Waals surface area contributed by atoms with Gasteiger partial charge in [-0.1, -0.05) is 0 Å². The second kappa shape index (κ2) is 8.77. The molecule has 1 aromatic heterocycles. The van der Waals surface area contributed by atoms with Crippen LogP contribution in [-0.2, 0) is 11.2 Å². The van der Waals surface area contributed by atoms with Crippen molar-refractivity contribution in [3.8, 4) is 11.5 Å². The van der Waals surface area contributed by atoms with Gasteiger partial charge in [0.05, 0.1) is 32.0 Å². The Morgan fingerprint density at radius 1 is 1.21 bits per heavy atom. The van der Waals surface area contributed by atoms with Crippen LogP contribution in [-0.4, -0.2) is 59.0 Å². The number of rotatable bonds is 7. The highest BCUT2D eigenvalue weighted by molar-refractivity contribution is 5.86. The molecular formula is C20H25N3O5. The lowest BCUT2D eigenvalue weighted by atomic mass is 10.0. The second-order valence-corrected chi connectivity index (χ2v) is 6.80. The third-order valence-electron chi connectivity index (χ3n) is 5.14. The van der Waals surface area contributed by atoms with E-state index >= 15 is 0 Å². The minimum absolute atomic E-state index is 0.106. The molecule has 3 rings (SSSR count). The molecule has 0 aliphatic carbocycles. The van der Waals surface area contributed by atoms with Gasteiger partial charge in [0.2, 0.25) is 5.91 Å². The number of carbonyl (C=O) groups excluding carboxylic acids is 1. The first-order chi connectivity index (χ1) is 13.5. The summed E-state index contributed by atoms with van der Waals surface area (Å²) in [7, 11) is 3.23. The highest BCUT2D eigenvalue weighted by atomic mass is 16.5. The number of aromatic carboxylic acids is 1. The van der Waals surface area contributed by atoms with E-state index in [0.717, 1.165) is 29.9 Å². The van der Waals surface area contributed by atoms with Crippen molar-refractivity contribution in [2.45, 2.75) is 31.7 Å². The topological polar surface area (TPSA) is 93.9 Å². The molecule has 0 saturated carbocycles. The quantitative estimate of drug-likeness (QED) is 0.784. The van der Waals surface area contributed by atoms with Crippen molar-refractivity contribution in [3.63, 3.8) is 0 Å². The summed E-state index contributed by atoms with van der Waals surface area (Å²) >= 11 is 0. The number of benzene rings is 1. The molecular weight excluding hydrogens is 362 g/mol. The first-order valence-electron chi connectivity index (χ1n) is 9.28. The molecule has 0 radical (unpaired) electrons. The van der Waals surface area contributed by atoms with E-state index in [0.29, 0.717) is 25.9 Å². The summed E-state index contributed by atoms with van der Waals surface area (Å²) in [6.45, 7) is 1.28. The van der Waals surface area contributed by atoms with Gasteiger partial charge in [0.25, 0.3) is 0 Å². The molecule has 8 heteroatoms. The summed E-state index contributed by atoms with van der Waals surface area (Å²) in [5, 5.41) is 13.2. The Morgan fingerprint density at radius 3 is 2.57 bits per heavy atom. The van der Waals surface area contributed by atoms with Crippen LogP contribution in [0.15, 0.2) is 30.6 Å². The van der Waals surface area contributed by atoms with Gasteiger partial charge < -0.3 is 19.5 Å². The number of carbonyl (C=O) groups is 2. The van der Waals surface area contributed by atoms with Crippen molar-refractivity contribution in [3.05, 3.63) is 41.7 Å². The van der Waals surface area contributed by atoms with Crippen LogP contribution in [0.3, 0.4) is 0 Å². The summed E-state index contributed by atoms with van der Waals surface area (Å²) in [6, 6.07) is 5.70. The van der Waals surface area contributed by atoms with Gasteiger partial charge in [0.15, 0.2) is 0 Å². The van der Waals surface area contributed by atoms with Crippen molar-refractivity contribution in [1.82, 2.24) is 14.7 Å². The van der Waals surface area contributed by atoms with Gasteiger partial charge >= 0.3 is 5.97 Å². The predicted octanol–water partition coefficient (Wildman–Crippen LogP) is 2.39. The lowest BCUT2D eigenvalue weighted by Crippen LogP contribution is -2.39. The minimum Gasteiger partial charge on any atom is -0.497 e. The third kappa shape index (κ3) is 4.44. The molecule has 1 N–H and O–H groups in total. The van der Waals surface area contributed by atoms with E-state index in [1.54, 1.807) is 25.1 Å². The molecule has 0 spiro atoms. The van der Waals surface area contributed by atoms with Gasteiger partial charge in [-0.25, -0.2) is 4.79 Å². The number of aryl methyl sites for hydroxylation is 1. The van der Waals surface area contributed by atoms with Crippen molar-refractivity contribution >= 4 is 11.9 Å². The van der Waals surface area contributed by atoms with E-state index in [1.807, 2.05) is 23.1 Å². The van der Waals surface area contributed by atoms with Crippen LogP contribution in [0, 0.1) is 0 Å². The number of carboxylic acids is 1. The van der Waals surface area contributed by atoms with Crippen molar-refractivity contribution in [2.75, 3.05) is 27.3 Å². The smallest absolute Gasteiger partial charge is 0.338 e. The summed E-state index contributed by atoms with van der Waals surface area (Å²) < 4.78 is 12.3. The number of ether oxygens (including phenoxy) is 2. The van der Waals surface area contributed by atoms with E-state index in [1.165, 1.54) is 6.20 Å². The van der Waals surface area contributed by atoms with Gasteiger partial charge in [0.1, 0.15) is 11.5 Å². The summed E-state index contributed by atoms with van der Waals surface area (Å²) in [6.07, 6.45) is 5.42. The molecule has 8 nitrogen and oxygen atoms in total. The number of hydrogen-bond acceptors (Lipinski definition) is 5. The molecule has 1 aliphatic rings. The summed E-state index contributed by atoms with van der Waals surface area (Å²) in [5.41, 5.74) is 1.13. The van der Waals surface area contributed by atoms with Crippen LogP contribution < -0.4 is 9.47 Å². The average molecular weight is 387 g/mol. The molecule has 1 aromatic carbocycles. The maximum absolute atomic E-state index is 12.6. The van der Waals surface area contributed by atoms with Crippen LogP contribution in [0.25, 0.3) is 0 Å². The zero-order chi connectivity index (χ0) is 20.1. The molecule has 2 aromatic rings. The molecule has 0 bridgehead atoms. The highest BCUT2D eigenvalue weighted by Gasteiger charge is 2.25. The van der Waals surface area contributed by atoms with Crippen LogP contribution in [0.5, 0.6) is 11.5 Å². The van der Waals surface area contributed by atoms with E-state index in [-0.39, 0.29) is 17.5 Å². The Labute approximate surface area is 163 Å². The number of likely N-dealkylation sites (tertiary alicyclic amines) is 1. The fourth-order valence-electron chi connectivity index (χ4n) is 3.50. The average Bonchev–Trinajstić information content (AvgIpc) is 3.22. The molecule has 1 saturated heterocycles. The van der Waals surface area contributed by atoms with Crippen molar-refractivity contribution < 1.29 is 24.2 Å². The standard InChI is InChI=1S/C20H25N3O5/c1-27-17-4-5-18(28-2)14(11-17)3-6-19(24)22-9-7-16(8-10-22)23-13-15(12-21-23)20(25)26/h4-5,11-13,16H,3,6-10H2,1-2H3,(H,25,26). The fraction of sp³-hybridized carbons (Fsp3) is 0.450. The van der Waals surface area contributed by atoms with E-state index in [2.05, 4.69) is 5.10 Å². The van der Waals surface area contributed by atoms with Crippen molar-refractivity contribution in [2.24, 2.45) is 0 Å². The van der Waals surface area contributed by atoms with Crippen molar-refractivity contribution in [1.29, 1.82) is 0 Å². The predicted molar refractivity (Wildman–Crippen MR) is 102 cm³/mol. The lowest BCUT2D eigenvalue weighted by Gasteiger charge is -2.32. The Balaban J connectivity index is 1.53. The lowest BCUT2D eigenvalue weighted by molar-refractivity contribution is -0.132. The zero-order valence-corrected chi connectivity index (χ0v) is 16.1. The molecule has 1 aliphatic heterocycles. The van der Waals surface area contributed by atoms with Gasteiger partial charge in [-0.3, -0.25) is 9.48 Å². The molecule has 0 atom stereocenters. The number of carboxylic acid groups (broad SMARTS) is 1. The number of nitrogens with zero attached hydrogens (tertiary/aromatic N) is 3. The third-order valence-corrected chi connectivity index (χ3v) is 5.14.